The molecule has 1 unspecified atom stereocenters. The summed E-state index contributed by atoms with van der Waals surface area (Å²) in [6, 6.07) is 1.04. The first-order valence-corrected chi connectivity index (χ1v) is 8.80. The second-order valence-electron chi connectivity index (χ2n) is 7.34. The van der Waals surface area contributed by atoms with Gasteiger partial charge in [-0.1, -0.05) is 0 Å². The molecule has 0 saturated heterocycles. The first-order chi connectivity index (χ1) is 12.2. The minimum absolute atomic E-state index is 0.0628. The summed E-state index contributed by atoms with van der Waals surface area (Å²) in [5.41, 5.74) is 5.65. The van der Waals surface area contributed by atoms with Crippen molar-refractivity contribution in [2.75, 3.05) is 13.7 Å². The number of hydrogen-bond donors (Lipinski definition) is 1. The molecule has 26 heavy (non-hydrogen) atoms. The third-order valence-corrected chi connectivity index (χ3v) is 5.80. The summed E-state index contributed by atoms with van der Waals surface area (Å²) in [6.45, 7) is 2.44. The van der Waals surface area contributed by atoms with Crippen LogP contribution in [-0.4, -0.2) is 41.6 Å². The first kappa shape index (κ1) is 19.1. The van der Waals surface area contributed by atoms with Gasteiger partial charge in [-0.2, -0.15) is 13.2 Å². The maximum atomic E-state index is 13.3. The van der Waals surface area contributed by atoms with Gasteiger partial charge < -0.3 is 15.4 Å². The van der Waals surface area contributed by atoms with Gasteiger partial charge in [0.05, 0.1) is 17.1 Å². The average molecular weight is 371 g/mol. The largest absolute Gasteiger partial charge is 0.417 e. The van der Waals surface area contributed by atoms with Crippen molar-refractivity contribution in [2.45, 2.75) is 57.5 Å². The van der Waals surface area contributed by atoms with Gasteiger partial charge in [0.1, 0.15) is 0 Å². The van der Waals surface area contributed by atoms with Crippen LogP contribution in [0.25, 0.3) is 0 Å². The second kappa shape index (κ2) is 6.81. The number of halogens is 3. The maximum Gasteiger partial charge on any atom is 0.417 e. The molecule has 2 aliphatic rings. The van der Waals surface area contributed by atoms with Crippen LogP contribution in [0.3, 0.4) is 0 Å². The highest BCUT2D eigenvalue weighted by atomic mass is 19.4. The van der Waals surface area contributed by atoms with Crippen molar-refractivity contribution in [3.8, 4) is 0 Å². The minimum Gasteiger partial charge on any atom is -0.381 e. The molecular formula is C18H24F3N3O2. The van der Waals surface area contributed by atoms with Gasteiger partial charge in [0.25, 0.3) is 0 Å². The Bertz CT molecular complexity index is 695. The van der Waals surface area contributed by atoms with Crippen molar-refractivity contribution in [1.29, 1.82) is 0 Å². The molecule has 1 aromatic heterocycles. The molecule has 1 fully saturated rings. The Labute approximate surface area is 150 Å². The van der Waals surface area contributed by atoms with Gasteiger partial charge in [-0.25, -0.2) is 0 Å². The molecule has 2 N–H and O–H groups in total. The van der Waals surface area contributed by atoms with E-state index < -0.39 is 17.2 Å². The summed E-state index contributed by atoms with van der Waals surface area (Å²) in [7, 11) is 1.56. The Balaban J connectivity index is 1.86. The molecular weight excluding hydrogens is 347 g/mol. The SMILES string of the molecule is COC(C)[C@]1(C(=O)N2CCc3ncc(C(F)(F)F)cc3C2)CC[C@@H](N)C1. The molecule has 2 heterocycles. The molecule has 5 nitrogen and oxygen atoms in total. The molecule has 1 aliphatic carbocycles. The molecule has 144 valence electrons. The van der Waals surface area contributed by atoms with E-state index in [4.69, 9.17) is 10.5 Å². The monoisotopic (exact) mass is 371 g/mol. The quantitative estimate of drug-likeness (QED) is 0.887. The molecule has 1 saturated carbocycles. The Morgan fingerprint density at radius 1 is 1.50 bits per heavy atom. The summed E-state index contributed by atoms with van der Waals surface area (Å²) >= 11 is 0. The third-order valence-electron chi connectivity index (χ3n) is 5.80. The lowest BCUT2D eigenvalue weighted by Crippen LogP contribution is -2.50. The van der Waals surface area contributed by atoms with Gasteiger partial charge >= 0.3 is 6.18 Å². The van der Waals surface area contributed by atoms with Gasteiger partial charge in [-0.05, 0) is 37.8 Å². The Hall–Kier alpha value is -1.67. The lowest BCUT2D eigenvalue weighted by Gasteiger charge is -2.39. The highest BCUT2D eigenvalue weighted by Crippen LogP contribution is 2.44. The number of carbonyl (C=O) groups excluding carboxylic acids is 1. The van der Waals surface area contributed by atoms with Crippen LogP contribution in [0.1, 0.15) is 43.0 Å². The first-order valence-electron chi connectivity index (χ1n) is 8.80. The van der Waals surface area contributed by atoms with Crippen molar-refractivity contribution >= 4 is 5.91 Å². The van der Waals surface area contributed by atoms with Gasteiger partial charge in [0.15, 0.2) is 0 Å². The van der Waals surface area contributed by atoms with Crippen molar-refractivity contribution < 1.29 is 22.7 Å². The smallest absolute Gasteiger partial charge is 0.381 e. The molecule has 3 rings (SSSR count). The van der Waals surface area contributed by atoms with Crippen LogP contribution >= 0.6 is 0 Å². The summed E-state index contributed by atoms with van der Waals surface area (Å²) in [5, 5.41) is 0. The van der Waals surface area contributed by atoms with Crippen LogP contribution in [0.4, 0.5) is 13.2 Å². The van der Waals surface area contributed by atoms with Crippen molar-refractivity contribution in [3.05, 3.63) is 29.1 Å². The number of fused-ring (bicyclic) bond motifs is 1. The predicted octanol–water partition coefficient (Wildman–Crippen LogP) is 2.52. The topological polar surface area (TPSA) is 68.5 Å². The van der Waals surface area contributed by atoms with Crippen LogP contribution in [-0.2, 0) is 28.7 Å². The third kappa shape index (κ3) is 3.32. The molecule has 3 atom stereocenters. The molecule has 0 aromatic carbocycles. The van der Waals surface area contributed by atoms with Crippen molar-refractivity contribution in [1.82, 2.24) is 9.88 Å². The predicted molar refractivity (Wildman–Crippen MR) is 89.1 cm³/mol. The number of nitrogens with zero attached hydrogens (tertiary/aromatic N) is 2. The van der Waals surface area contributed by atoms with Crippen molar-refractivity contribution in [3.63, 3.8) is 0 Å². The van der Waals surface area contributed by atoms with Crippen LogP contribution < -0.4 is 5.73 Å². The van der Waals surface area contributed by atoms with E-state index in [-0.39, 0.29) is 24.6 Å². The van der Waals surface area contributed by atoms with E-state index in [2.05, 4.69) is 4.98 Å². The molecule has 8 heteroatoms. The van der Waals surface area contributed by atoms with Crippen LogP contribution in [0.5, 0.6) is 0 Å². The number of rotatable bonds is 3. The summed E-state index contributed by atoms with van der Waals surface area (Å²) in [5.74, 6) is -0.0807. The number of methoxy groups -OCH3 is 1. The van der Waals surface area contributed by atoms with E-state index in [9.17, 15) is 18.0 Å². The molecule has 0 bridgehead atoms. The van der Waals surface area contributed by atoms with E-state index >= 15 is 0 Å². The molecule has 1 aliphatic heterocycles. The lowest BCUT2D eigenvalue weighted by molar-refractivity contribution is -0.151. The Morgan fingerprint density at radius 2 is 2.23 bits per heavy atom. The van der Waals surface area contributed by atoms with E-state index in [0.29, 0.717) is 37.1 Å². The zero-order valence-corrected chi connectivity index (χ0v) is 15.0. The number of nitrogens with two attached hydrogens (primary N) is 1. The Morgan fingerprint density at radius 3 is 2.81 bits per heavy atom. The zero-order valence-electron chi connectivity index (χ0n) is 15.0. The number of alkyl halides is 3. The van der Waals surface area contributed by atoms with Crippen LogP contribution in [0.2, 0.25) is 0 Å². The fourth-order valence-electron chi connectivity index (χ4n) is 4.15. The number of amides is 1. The molecule has 0 radical (unpaired) electrons. The molecule has 1 amide bonds. The van der Waals surface area contributed by atoms with Gasteiger partial charge in [-0.3, -0.25) is 9.78 Å². The normalized spacial score (nSPS) is 27.3. The fraction of sp³-hybridized carbons (Fsp3) is 0.667. The highest BCUT2D eigenvalue weighted by molar-refractivity contribution is 5.84. The second-order valence-corrected chi connectivity index (χ2v) is 7.34. The van der Waals surface area contributed by atoms with Crippen molar-refractivity contribution in [2.24, 2.45) is 11.1 Å². The van der Waals surface area contributed by atoms with Gasteiger partial charge in [-0.15, -0.1) is 0 Å². The average Bonchev–Trinajstić information content (AvgIpc) is 3.01. The molecule has 0 spiro atoms. The summed E-state index contributed by atoms with van der Waals surface area (Å²) < 4.78 is 44.4. The number of pyridine rings is 1. The van der Waals surface area contributed by atoms with E-state index in [1.807, 2.05) is 6.92 Å². The minimum atomic E-state index is -4.45. The maximum absolute atomic E-state index is 13.3. The number of hydrogen-bond acceptors (Lipinski definition) is 4. The summed E-state index contributed by atoms with van der Waals surface area (Å²) in [6.07, 6.45) is -1.53. The standard InChI is InChI=1S/C18H24F3N3O2/c1-11(26-2)17(5-3-14(22)8-17)16(25)24-6-4-15-12(10-24)7-13(9-23-15)18(19,20)21/h7,9,11,14H,3-6,8,10,22H2,1-2H3/t11?,14-,17+/m1/s1. The number of ether oxygens (including phenoxy) is 1. The number of aromatic nitrogens is 1. The van der Waals surface area contributed by atoms with E-state index in [1.165, 1.54) is 0 Å². The highest BCUT2D eigenvalue weighted by Gasteiger charge is 2.50. The Kier molecular flexibility index (Phi) is 5.00. The van der Waals surface area contributed by atoms with Crippen LogP contribution in [0, 0.1) is 5.41 Å². The van der Waals surface area contributed by atoms with E-state index in [1.54, 1.807) is 12.0 Å². The lowest BCUT2D eigenvalue weighted by atomic mass is 9.78. The van der Waals surface area contributed by atoms with E-state index in [0.717, 1.165) is 18.7 Å². The van der Waals surface area contributed by atoms with Crippen LogP contribution in [0.15, 0.2) is 12.3 Å². The summed E-state index contributed by atoms with van der Waals surface area (Å²) in [4.78, 5) is 18.9. The zero-order chi connectivity index (χ0) is 19.1. The van der Waals surface area contributed by atoms with Gasteiger partial charge in [0.2, 0.25) is 5.91 Å². The molecule has 1 aromatic rings. The van der Waals surface area contributed by atoms with Gasteiger partial charge in [0, 0.05) is 44.6 Å². The number of carbonyl (C=O) groups is 1. The fourth-order valence-corrected chi connectivity index (χ4v) is 4.15.